The minimum absolute atomic E-state index is 0.0757. The van der Waals surface area contributed by atoms with Crippen LogP contribution in [-0.4, -0.2) is 44.4 Å². The van der Waals surface area contributed by atoms with Gasteiger partial charge in [0.1, 0.15) is 16.1 Å². The average molecular weight is 485 g/mol. The molecule has 0 aliphatic carbocycles. The second-order valence-corrected chi connectivity index (χ2v) is 11.7. The number of hydrogen-bond acceptors (Lipinski definition) is 5. The Bertz CT molecular complexity index is 951. The van der Waals surface area contributed by atoms with Crippen molar-refractivity contribution in [2.24, 2.45) is 5.92 Å². The number of benzene rings is 1. The maximum absolute atomic E-state index is 12.8. The highest BCUT2D eigenvalue weighted by atomic mass is 79.9. The fourth-order valence-corrected chi connectivity index (χ4v) is 7.35. The Labute approximate surface area is 177 Å². The minimum atomic E-state index is -3.56. The van der Waals surface area contributed by atoms with Crippen LogP contribution in [0.15, 0.2) is 44.4 Å². The third kappa shape index (κ3) is 4.12. The fraction of sp³-hybridized carbons (Fsp3) is 0.421. The normalized spacial score (nSPS) is 22.5. The molecule has 2 aromatic rings. The van der Waals surface area contributed by atoms with E-state index in [0.29, 0.717) is 30.1 Å². The quantitative estimate of drug-likeness (QED) is 0.707. The molecule has 28 heavy (non-hydrogen) atoms. The first-order valence-electron chi connectivity index (χ1n) is 9.21. The van der Waals surface area contributed by atoms with E-state index in [1.807, 2.05) is 24.3 Å². The zero-order valence-electron chi connectivity index (χ0n) is 15.1. The monoisotopic (exact) mass is 484 g/mol. The molecule has 1 saturated heterocycles. The first kappa shape index (κ1) is 19.9. The first-order valence-corrected chi connectivity index (χ1v) is 12.3. The van der Waals surface area contributed by atoms with Crippen molar-refractivity contribution >= 4 is 43.2 Å². The van der Waals surface area contributed by atoms with Gasteiger partial charge in [0.15, 0.2) is 0 Å². The van der Waals surface area contributed by atoms with Crippen molar-refractivity contribution in [1.82, 2.24) is 9.62 Å². The fourth-order valence-electron chi connectivity index (χ4n) is 3.66. The van der Waals surface area contributed by atoms with Crippen molar-refractivity contribution < 1.29 is 17.9 Å². The highest BCUT2D eigenvalue weighted by Gasteiger charge is 2.34. The number of rotatable bonds is 5. The molecule has 2 unspecified atom stereocenters. The number of sulfonamides is 1. The van der Waals surface area contributed by atoms with Crippen LogP contribution in [0, 0.1) is 5.92 Å². The van der Waals surface area contributed by atoms with E-state index >= 15 is 0 Å². The Kier molecular flexibility index (Phi) is 5.78. The number of halogens is 1. The van der Waals surface area contributed by atoms with E-state index in [-0.39, 0.29) is 24.5 Å². The lowest BCUT2D eigenvalue weighted by molar-refractivity contribution is -0.126. The van der Waals surface area contributed by atoms with Crippen LogP contribution in [0.1, 0.15) is 18.4 Å². The zero-order chi connectivity index (χ0) is 19.7. The van der Waals surface area contributed by atoms with E-state index in [4.69, 9.17) is 4.74 Å². The molecule has 0 radical (unpaired) electrons. The Morgan fingerprint density at radius 3 is 2.86 bits per heavy atom. The summed E-state index contributed by atoms with van der Waals surface area (Å²) in [6, 6.07) is 11.2. The van der Waals surface area contributed by atoms with Crippen molar-refractivity contribution in [3.05, 3.63) is 45.7 Å². The topological polar surface area (TPSA) is 75.7 Å². The van der Waals surface area contributed by atoms with Crippen molar-refractivity contribution in [3.8, 4) is 5.75 Å². The molecule has 9 heteroatoms. The number of hydrogen-bond donors (Lipinski definition) is 1. The van der Waals surface area contributed by atoms with Crippen LogP contribution in [0.5, 0.6) is 5.75 Å². The van der Waals surface area contributed by atoms with E-state index < -0.39 is 10.0 Å². The lowest BCUT2D eigenvalue weighted by Gasteiger charge is -2.31. The molecule has 2 aliphatic heterocycles. The molecule has 1 aromatic heterocycles. The van der Waals surface area contributed by atoms with Gasteiger partial charge in [-0.2, -0.15) is 4.31 Å². The van der Waals surface area contributed by atoms with Crippen LogP contribution in [0.2, 0.25) is 0 Å². The summed E-state index contributed by atoms with van der Waals surface area (Å²) in [5.74, 6) is 0.432. The predicted octanol–water partition coefficient (Wildman–Crippen LogP) is 3.03. The molecule has 6 nitrogen and oxygen atoms in total. The maximum atomic E-state index is 12.8. The number of para-hydroxylation sites is 1. The van der Waals surface area contributed by atoms with E-state index in [2.05, 4.69) is 21.2 Å². The second kappa shape index (κ2) is 8.14. The average Bonchev–Trinajstić information content (AvgIpc) is 3.32. The number of nitrogens with zero attached hydrogens (tertiary/aromatic N) is 1. The van der Waals surface area contributed by atoms with Crippen LogP contribution in [0.4, 0.5) is 0 Å². The summed E-state index contributed by atoms with van der Waals surface area (Å²) in [5.41, 5.74) is 1.15. The molecule has 0 bridgehead atoms. The molecule has 2 aliphatic rings. The van der Waals surface area contributed by atoms with Crippen LogP contribution in [0.3, 0.4) is 0 Å². The summed E-state index contributed by atoms with van der Waals surface area (Å²) >= 11 is 4.50. The predicted molar refractivity (Wildman–Crippen MR) is 111 cm³/mol. The Hall–Kier alpha value is -1.42. The number of thiophene rings is 1. The summed E-state index contributed by atoms with van der Waals surface area (Å²) in [7, 11) is -3.56. The lowest BCUT2D eigenvalue weighted by atomic mass is 9.98. The third-order valence-corrected chi connectivity index (χ3v) is 9.07. The Morgan fingerprint density at radius 2 is 2.11 bits per heavy atom. The van der Waals surface area contributed by atoms with Gasteiger partial charge >= 0.3 is 0 Å². The summed E-state index contributed by atoms with van der Waals surface area (Å²) in [6.45, 7) is 1.09. The number of amides is 1. The van der Waals surface area contributed by atoms with Crippen molar-refractivity contribution in [3.63, 3.8) is 0 Å². The molecule has 0 spiro atoms. The molecule has 0 saturated carbocycles. The van der Waals surface area contributed by atoms with Gasteiger partial charge in [-0.15, -0.1) is 11.3 Å². The lowest BCUT2D eigenvalue weighted by Crippen LogP contribution is -2.46. The van der Waals surface area contributed by atoms with Crippen LogP contribution >= 0.6 is 27.3 Å². The third-order valence-electron chi connectivity index (χ3n) is 5.12. The summed E-state index contributed by atoms with van der Waals surface area (Å²) in [4.78, 5) is 12.6. The number of ether oxygens (including phenoxy) is 1. The molecule has 1 aromatic carbocycles. The van der Waals surface area contributed by atoms with Gasteiger partial charge in [-0.1, -0.05) is 18.2 Å². The SMILES string of the molecule is O=C(NCC1Cc2ccccc2O1)C1CCCN(S(=O)(=O)c2ccc(Br)s2)C1. The van der Waals surface area contributed by atoms with Crippen LogP contribution < -0.4 is 10.1 Å². The van der Waals surface area contributed by atoms with Gasteiger partial charge < -0.3 is 10.1 Å². The van der Waals surface area contributed by atoms with Gasteiger partial charge in [0.2, 0.25) is 5.91 Å². The van der Waals surface area contributed by atoms with Gasteiger partial charge in [-0.25, -0.2) is 8.42 Å². The highest BCUT2D eigenvalue weighted by molar-refractivity contribution is 9.11. The number of fused-ring (bicyclic) bond motifs is 1. The molecule has 150 valence electrons. The van der Waals surface area contributed by atoms with Gasteiger partial charge in [-0.05, 0) is 52.5 Å². The van der Waals surface area contributed by atoms with Gasteiger partial charge in [0.05, 0.1) is 16.2 Å². The van der Waals surface area contributed by atoms with E-state index in [0.717, 1.165) is 21.5 Å². The highest BCUT2D eigenvalue weighted by Crippen LogP contribution is 2.31. The van der Waals surface area contributed by atoms with E-state index in [1.54, 1.807) is 12.1 Å². The van der Waals surface area contributed by atoms with E-state index in [9.17, 15) is 13.2 Å². The van der Waals surface area contributed by atoms with Crippen LogP contribution in [0.25, 0.3) is 0 Å². The smallest absolute Gasteiger partial charge is 0.252 e. The zero-order valence-corrected chi connectivity index (χ0v) is 18.4. The molecule has 1 fully saturated rings. The summed E-state index contributed by atoms with van der Waals surface area (Å²) < 4.78 is 34.0. The summed E-state index contributed by atoms with van der Waals surface area (Å²) in [5, 5.41) is 2.95. The number of carbonyl (C=O) groups is 1. The molecule has 4 rings (SSSR count). The molecule has 2 atom stereocenters. The van der Waals surface area contributed by atoms with Gasteiger partial charge in [0.25, 0.3) is 10.0 Å². The number of piperidine rings is 1. The van der Waals surface area contributed by atoms with Gasteiger partial charge in [-0.3, -0.25) is 4.79 Å². The summed E-state index contributed by atoms with van der Waals surface area (Å²) in [6.07, 6.45) is 2.07. The second-order valence-electron chi connectivity index (χ2n) is 7.06. The van der Waals surface area contributed by atoms with Crippen LogP contribution in [-0.2, 0) is 21.2 Å². The number of carbonyl (C=O) groups excluding carboxylic acids is 1. The largest absolute Gasteiger partial charge is 0.488 e. The Balaban J connectivity index is 1.34. The number of nitrogens with one attached hydrogen (secondary N) is 1. The van der Waals surface area contributed by atoms with E-state index in [1.165, 1.54) is 15.6 Å². The molecule has 3 heterocycles. The molecular weight excluding hydrogens is 464 g/mol. The maximum Gasteiger partial charge on any atom is 0.252 e. The van der Waals surface area contributed by atoms with Crippen molar-refractivity contribution in [2.75, 3.05) is 19.6 Å². The molecule has 1 amide bonds. The van der Waals surface area contributed by atoms with Gasteiger partial charge in [0, 0.05) is 19.5 Å². The van der Waals surface area contributed by atoms with Crippen molar-refractivity contribution in [2.45, 2.75) is 29.6 Å². The first-order chi connectivity index (χ1) is 13.4. The Morgan fingerprint density at radius 1 is 1.29 bits per heavy atom. The van der Waals surface area contributed by atoms with Crippen molar-refractivity contribution in [1.29, 1.82) is 0 Å². The standard InChI is InChI=1S/C19H21BrN2O4S2/c20-17-7-8-18(27-17)28(24,25)22-9-3-5-14(12-22)19(23)21-11-15-10-13-4-1-2-6-16(13)26-15/h1-2,4,6-8,14-15H,3,5,9-12H2,(H,21,23). The minimum Gasteiger partial charge on any atom is -0.488 e. The molecule has 1 N–H and O–H groups in total. The molecular formula is C19H21BrN2O4S2.